The Morgan fingerprint density at radius 1 is 0.492 bits per heavy atom. The van der Waals surface area contributed by atoms with Crippen molar-refractivity contribution in [3.05, 3.63) is 194 Å². The summed E-state index contributed by atoms with van der Waals surface area (Å²) >= 11 is 0. The molecule has 1 aromatic heterocycles. The Morgan fingerprint density at radius 3 is 2.12 bits per heavy atom. The van der Waals surface area contributed by atoms with Gasteiger partial charge in [-0.15, -0.1) is 8.19 Å². The van der Waals surface area contributed by atoms with Crippen LogP contribution in [0.15, 0.2) is 139 Å². The van der Waals surface area contributed by atoms with E-state index in [1.807, 2.05) is 0 Å². The van der Waals surface area contributed by atoms with Crippen LogP contribution in [-0.2, 0) is 31.1 Å². The summed E-state index contributed by atoms with van der Waals surface area (Å²) in [6.45, 7) is 4.82. The summed E-state index contributed by atoms with van der Waals surface area (Å²) in [4.78, 5) is 0. The molecule has 5 aliphatic carbocycles. The predicted octanol–water partition coefficient (Wildman–Crippen LogP) is 15.6. The van der Waals surface area contributed by atoms with Gasteiger partial charge in [0.05, 0.1) is 0 Å². The van der Waals surface area contributed by atoms with Crippen LogP contribution >= 0.6 is 8.19 Å². The Labute approximate surface area is 348 Å². The molecule has 0 nitrogen and oxygen atoms in total. The fourth-order valence-corrected chi connectivity index (χ4v) is 13.4. The molecule has 282 valence electrons. The summed E-state index contributed by atoms with van der Waals surface area (Å²) in [6.07, 6.45) is 17.5. The molecule has 5 aliphatic rings. The topological polar surface area (TPSA) is 0 Å². The van der Waals surface area contributed by atoms with Gasteiger partial charge in [0.2, 0.25) is 0 Å². The summed E-state index contributed by atoms with van der Waals surface area (Å²) in [5.74, 6) is 0. The van der Waals surface area contributed by atoms with Gasteiger partial charge in [-0.1, -0.05) is 147 Å². The van der Waals surface area contributed by atoms with Crippen molar-refractivity contribution in [2.24, 2.45) is 0 Å². The summed E-state index contributed by atoms with van der Waals surface area (Å²) in [5.41, 5.74) is 27.1. The first-order valence-corrected chi connectivity index (χ1v) is 22.8. The third kappa shape index (κ3) is 4.91. The quantitative estimate of drug-likeness (QED) is 0.168. The van der Waals surface area contributed by atoms with Crippen molar-refractivity contribution < 1.29 is 0 Å². The van der Waals surface area contributed by atoms with Crippen LogP contribution in [0.3, 0.4) is 0 Å². The Kier molecular flexibility index (Phi) is 7.22. The van der Waals surface area contributed by atoms with E-state index in [-0.39, 0.29) is 5.41 Å². The van der Waals surface area contributed by atoms with Crippen molar-refractivity contribution in [3.63, 3.8) is 0 Å². The van der Waals surface area contributed by atoms with Gasteiger partial charge >= 0.3 is 0 Å². The summed E-state index contributed by atoms with van der Waals surface area (Å²) in [5, 5.41) is 7.33. The predicted molar refractivity (Wildman–Crippen MR) is 254 cm³/mol. The fraction of sp³-hybridized carbons (Fsp3) is 0.172. The van der Waals surface area contributed by atoms with Crippen LogP contribution in [0.1, 0.15) is 88.5 Å². The van der Waals surface area contributed by atoms with Gasteiger partial charge in [0, 0.05) is 5.41 Å². The molecule has 13 rings (SSSR count). The molecule has 0 saturated heterocycles. The van der Waals surface area contributed by atoms with E-state index in [4.69, 9.17) is 0 Å². The third-order valence-electron chi connectivity index (χ3n) is 14.7. The van der Waals surface area contributed by atoms with Gasteiger partial charge in [0.15, 0.2) is 0 Å². The van der Waals surface area contributed by atoms with Crippen LogP contribution in [0.5, 0.6) is 0 Å². The van der Waals surface area contributed by atoms with Crippen LogP contribution in [-0.4, -0.2) is 0 Å². The molecule has 1 atom stereocenters. The Hall–Kier alpha value is -5.94. The molecule has 0 radical (unpaired) electrons. The smallest absolute Gasteiger partial charge is 0.0159 e. The van der Waals surface area contributed by atoms with Crippen molar-refractivity contribution in [3.8, 4) is 44.5 Å². The molecular weight excluding hydrogens is 728 g/mol. The Morgan fingerprint density at radius 2 is 1.19 bits per heavy atom. The number of hydrogen-bond donors (Lipinski definition) is 0. The van der Waals surface area contributed by atoms with Gasteiger partial charge in [-0.2, -0.15) is 0 Å². The fourth-order valence-electron chi connectivity index (χ4n) is 11.9. The van der Waals surface area contributed by atoms with Crippen molar-refractivity contribution in [2.45, 2.75) is 64.2 Å². The van der Waals surface area contributed by atoms with E-state index in [0.29, 0.717) is 0 Å². The summed E-state index contributed by atoms with van der Waals surface area (Å²) in [7, 11) is 0.774. The van der Waals surface area contributed by atoms with Gasteiger partial charge < -0.3 is 0 Å². The number of fused-ring (bicyclic) bond motifs is 12. The second-order valence-electron chi connectivity index (χ2n) is 18.2. The molecule has 1 heterocycles. The number of rotatable bonds is 3. The van der Waals surface area contributed by atoms with E-state index in [1.165, 1.54) is 141 Å². The zero-order chi connectivity index (χ0) is 39.0. The third-order valence-corrected chi connectivity index (χ3v) is 16.2. The molecular formula is C58H45P. The number of benzene rings is 7. The summed E-state index contributed by atoms with van der Waals surface area (Å²) in [6, 6.07) is 47.7. The Balaban J connectivity index is 1.03. The number of hydrogen-bond acceptors (Lipinski definition) is 0. The van der Waals surface area contributed by atoms with Gasteiger partial charge in [-0.3, -0.25) is 0 Å². The molecule has 0 bridgehead atoms. The van der Waals surface area contributed by atoms with E-state index in [9.17, 15) is 0 Å². The van der Waals surface area contributed by atoms with Gasteiger partial charge in [-0.25, -0.2) is 0 Å². The first-order valence-electron chi connectivity index (χ1n) is 21.8. The van der Waals surface area contributed by atoms with E-state index < -0.39 is 0 Å². The van der Waals surface area contributed by atoms with E-state index in [2.05, 4.69) is 159 Å². The molecule has 0 aliphatic heterocycles. The van der Waals surface area contributed by atoms with E-state index in [1.54, 1.807) is 10.9 Å². The first-order chi connectivity index (χ1) is 29.0. The average Bonchev–Trinajstić information content (AvgIpc) is 3.92. The molecule has 0 saturated carbocycles. The molecule has 59 heavy (non-hydrogen) atoms. The van der Waals surface area contributed by atoms with Crippen molar-refractivity contribution in [2.75, 3.05) is 0 Å². The maximum atomic E-state index is 2.55. The van der Waals surface area contributed by atoms with Crippen molar-refractivity contribution in [1.82, 2.24) is 0 Å². The minimum absolute atomic E-state index is 0.0610. The van der Waals surface area contributed by atoms with Crippen LogP contribution in [0.25, 0.3) is 83.5 Å². The second-order valence-corrected chi connectivity index (χ2v) is 19.6. The van der Waals surface area contributed by atoms with Gasteiger partial charge in [0.25, 0.3) is 0 Å². The minimum atomic E-state index is -0.0610. The lowest BCUT2D eigenvalue weighted by atomic mass is 9.77. The normalized spacial score (nSPS) is 16.6. The SMILES string of the molecule is CC1(C)c2ccccc2-c2ccc(-c3c4c(c(-c5ccc6c7c([pH]c6c5)CCC=C7)c5ccc(-c6ccc7c(c6)CC6=C7c7ccccc7CC6)cc35)C=CCC4)cc21. The van der Waals surface area contributed by atoms with Crippen molar-refractivity contribution >= 4 is 47.2 Å². The van der Waals surface area contributed by atoms with Crippen molar-refractivity contribution in [1.29, 1.82) is 0 Å². The van der Waals surface area contributed by atoms with Crippen LogP contribution in [0.4, 0.5) is 0 Å². The maximum absolute atomic E-state index is 2.55. The molecule has 7 aromatic carbocycles. The Bertz CT molecular complexity index is 3260. The highest BCUT2D eigenvalue weighted by molar-refractivity contribution is 7.38. The number of allylic oxidation sites excluding steroid dienone is 3. The summed E-state index contributed by atoms with van der Waals surface area (Å²) < 4.78 is 0. The highest BCUT2D eigenvalue weighted by atomic mass is 31.0. The lowest BCUT2D eigenvalue weighted by Crippen LogP contribution is -2.15. The van der Waals surface area contributed by atoms with Crippen LogP contribution < -0.4 is 0 Å². The molecule has 0 N–H and O–H groups in total. The lowest BCUT2D eigenvalue weighted by Gasteiger charge is -2.26. The number of aryl methyl sites for hydroxylation is 2. The minimum Gasteiger partial charge on any atom is -0.128 e. The molecule has 1 heteroatoms. The lowest BCUT2D eigenvalue weighted by molar-refractivity contribution is 0.660. The molecule has 0 amide bonds. The zero-order valence-corrected chi connectivity index (χ0v) is 34.8. The average molecular weight is 773 g/mol. The zero-order valence-electron chi connectivity index (χ0n) is 33.8. The first kappa shape index (κ1) is 34.0. The van der Waals surface area contributed by atoms with E-state index in [0.717, 1.165) is 33.9 Å². The molecule has 1 unspecified atom stereocenters. The largest absolute Gasteiger partial charge is 0.128 e. The molecule has 0 fully saturated rings. The molecule has 8 aromatic rings. The van der Waals surface area contributed by atoms with E-state index >= 15 is 0 Å². The highest BCUT2D eigenvalue weighted by Crippen LogP contribution is 2.53. The molecule has 0 spiro atoms. The monoisotopic (exact) mass is 772 g/mol. The van der Waals surface area contributed by atoms with Gasteiger partial charge in [0.1, 0.15) is 0 Å². The van der Waals surface area contributed by atoms with Crippen LogP contribution in [0, 0.1) is 0 Å². The van der Waals surface area contributed by atoms with Crippen LogP contribution in [0.2, 0.25) is 0 Å². The van der Waals surface area contributed by atoms with Gasteiger partial charge in [-0.05, 0) is 190 Å². The standard InChI is InChI=1S/C58H45P/c1-58(2)51-17-9-7-13-43(51)44-26-23-38(32-52(44)58)57-48-16-6-5-15-47(48)56(39-24-27-46-45-14-8-10-18-53(45)59-54(46)33-39)49-28-22-36(31-50(49)57)35-21-25-42-40(29-35)30-37-20-19-34-11-3-4-12-41(34)55(37)42/h3-5,7-9,11-15,17,21-29,31-33,59H,6,10,16,18-20,30H2,1-2H3. The second kappa shape index (κ2) is 12.5. The maximum Gasteiger partial charge on any atom is 0.0159 e. The highest BCUT2D eigenvalue weighted by Gasteiger charge is 2.36.